The minimum Gasteiger partial charge on any atom is -0.460 e. The predicted molar refractivity (Wildman–Crippen MR) is 121 cm³/mol. The molecule has 1 aliphatic heterocycles. The lowest BCUT2D eigenvalue weighted by atomic mass is 9.89. The van der Waals surface area contributed by atoms with E-state index < -0.39 is 17.8 Å². The summed E-state index contributed by atoms with van der Waals surface area (Å²) in [6.07, 6.45) is 0. The second-order valence-corrected chi connectivity index (χ2v) is 7.25. The smallest absolute Gasteiger partial charge is 0.379 e. The summed E-state index contributed by atoms with van der Waals surface area (Å²) in [6.45, 7) is 1.80. The van der Waals surface area contributed by atoms with E-state index in [1.165, 1.54) is 0 Å². The van der Waals surface area contributed by atoms with Crippen molar-refractivity contribution in [2.45, 2.75) is 13.0 Å². The number of ether oxygens (including phenoxy) is 1. The van der Waals surface area contributed by atoms with Crippen molar-refractivity contribution in [3.8, 4) is 0 Å². The Morgan fingerprint density at radius 1 is 0.967 bits per heavy atom. The van der Waals surface area contributed by atoms with Gasteiger partial charge in [-0.05, 0) is 47.1 Å². The van der Waals surface area contributed by atoms with Crippen molar-refractivity contribution in [3.63, 3.8) is 0 Å². The first kappa shape index (κ1) is 19.8. The van der Waals surface area contributed by atoms with Crippen molar-refractivity contribution in [2.75, 3.05) is 6.61 Å². The van der Waals surface area contributed by atoms with Gasteiger partial charge in [-0.1, -0.05) is 66.7 Å². The number of carbonyl (C=O) groups excluding carboxylic acids is 2. The van der Waals surface area contributed by atoms with Crippen LogP contribution in [0.5, 0.6) is 0 Å². The third-order valence-electron chi connectivity index (χ3n) is 4.95. The van der Waals surface area contributed by atoms with Gasteiger partial charge in [0.1, 0.15) is 0 Å². The number of nitrogens with one attached hydrogen (secondary N) is 2. The lowest BCUT2D eigenvalue weighted by Crippen LogP contribution is -2.46. The normalized spacial score (nSPS) is 16.0. The molecule has 2 N–H and O–H groups in total. The van der Waals surface area contributed by atoms with E-state index in [9.17, 15) is 9.59 Å². The molecule has 1 heterocycles. The molecular formula is C24H20N2O3S. The average Bonchev–Trinajstić information content (AvgIpc) is 2.78. The van der Waals surface area contributed by atoms with E-state index in [-0.39, 0.29) is 12.2 Å². The van der Waals surface area contributed by atoms with Gasteiger partial charge in [0.2, 0.25) is 0 Å². The summed E-state index contributed by atoms with van der Waals surface area (Å²) in [7, 11) is 0. The molecule has 3 aromatic carbocycles. The molecule has 150 valence electrons. The number of hydrogen-bond donors (Lipinski definition) is 2. The van der Waals surface area contributed by atoms with Crippen LogP contribution in [0.3, 0.4) is 0 Å². The summed E-state index contributed by atoms with van der Waals surface area (Å²) in [5.74, 6) is -1.58. The Bertz CT molecular complexity index is 1170. The zero-order valence-corrected chi connectivity index (χ0v) is 17.2. The highest BCUT2D eigenvalue weighted by Gasteiger charge is 2.35. The van der Waals surface area contributed by atoms with Crippen molar-refractivity contribution in [1.29, 1.82) is 0 Å². The molecule has 30 heavy (non-hydrogen) atoms. The van der Waals surface area contributed by atoms with Crippen LogP contribution < -0.4 is 10.6 Å². The molecule has 0 saturated heterocycles. The van der Waals surface area contributed by atoms with E-state index in [0.29, 0.717) is 10.8 Å². The van der Waals surface area contributed by atoms with E-state index in [2.05, 4.69) is 10.6 Å². The van der Waals surface area contributed by atoms with Crippen LogP contribution in [0.15, 0.2) is 78.4 Å². The zero-order chi connectivity index (χ0) is 21.1. The molecule has 1 atom stereocenters. The maximum absolute atomic E-state index is 13.2. The van der Waals surface area contributed by atoms with Crippen LogP contribution in [0, 0.1) is 0 Å². The largest absolute Gasteiger partial charge is 0.460 e. The average molecular weight is 417 g/mol. The molecule has 5 nitrogen and oxygen atoms in total. The first-order chi connectivity index (χ1) is 14.6. The van der Waals surface area contributed by atoms with Gasteiger partial charge in [0.05, 0.1) is 23.9 Å². The SMILES string of the molecule is CCOC(=O)C(=O)C1=C(c2ccccc2)NC(=S)N[C@H]1c1ccc2ccccc2c1. The molecule has 0 aliphatic carbocycles. The van der Waals surface area contributed by atoms with Crippen LogP contribution in [-0.2, 0) is 14.3 Å². The number of carbonyl (C=O) groups is 2. The van der Waals surface area contributed by atoms with Gasteiger partial charge >= 0.3 is 5.97 Å². The third-order valence-corrected chi connectivity index (χ3v) is 5.17. The Hall–Kier alpha value is -3.51. The van der Waals surface area contributed by atoms with E-state index >= 15 is 0 Å². The molecule has 0 spiro atoms. The number of thiocarbonyl (C=S) groups is 1. The Labute approximate surface area is 179 Å². The summed E-state index contributed by atoms with van der Waals surface area (Å²) < 4.78 is 5.01. The van der Waals surface area contributed by atoms with Gasteiger partial charge in [-0.3, -0.25) is 4.79 Å². The lowest BCUT2D eigenvalue weighted by Gasteiger charge is -2.31. The summed E-state index contributed by atoms with van der Waals surface area (Å²) in [5.41, 5.74) is 2.39. The van der Waals surface area contributed by atoms with Crippen LogP contribution in [0.1, 0.15) is 24.1 Å². The van der Waals surface area contributed by atoms with Gasteiger partial charge in [-0.25, -0.2) is 4.79 Å². The summed E-state index contributed by atoms with van der Waals surface area (Å²) >= 11 is 5.43. The highest BCUT2D eigenvalue weighted by Crippen LogP contribution is 2.33. The first-order valence-corrected chi connectivity index (χ1v) is 10.1. The monoisotopic (exact) mass is 416 g/mol. The molecule has 0 amide bonds. The second kappa shape index (κ2) is 8.47. The van der Waals surface area contributed by atoms with Gasteiger partial charge < -0.3 is 15.4 Å². The van der Waals surface area contributed by atoms with Crippen molar-refractivity contribution < 1.29 is 14.3 Å². The third kappa shape index (κ3) is 3.82. The number of ketones is 1. The Balaban J connectivity index is 1.90. The lowest BCUT2D eigenvalue weighted by molar-refractivity contribution is -0.151. The van der Waals surface area contributed by atoms with Crippen LogP contribution in [0.25, 0.3) is 16.5 Å². The second-order valence-electron chi connectivity index (χ2n) is 6.84. The Morgan fingerprint density at radius 2 is 1.67 bits per heavy atom. The Morgan fingerprint density at radius 3 is 2.40 bits per heavy atom. The number of fused-ring (bicyclic) bond motifs is 1. The highest BCUT2D eigenvalue weighted by molar-refractivity contribution is 7.80. The summed E-state index contributed by atoms with van der Waals surface area (Å²) in [4.78, 5) is 25.6. The molecule has 3 aromatic rings. The molecule has 1 aliphatic rings. The van der Waals surface area contributed by atoms with Gasteiger partial charge in [0, 0.05) is 0 Å². The highest BCUT2D eigenvalue weighted by atomic mass is 32.1. The first-order valence-electron chi connectivity index (χ1n) is 9.65. The topological polar surface area (TPSA) is 67.4 Å². The fourth-order valence-corrected chi connectivity index (χ4v) is 3.81. The molecule has 6 heteroatoms. The van der Waals surface area contributed by atoms with E-state index in [4.69, 9.17) is 17.0 Å². The van der Waals surface area contributed by atoms with E-state index in [1.807, 2.05) is 72.8 Å². The van der Waals surface area contributed by atoms with Crippen molar-refractivity contribution in [2.24, 2.45) is 0 Å². The molecule has 0 unspecified atom stereocenters. The predicted octanol–water partition coefficient (Wildman–Crippen LogP) is 3.90. The summed E-state index contributed by atoms with van der Waals surface area (Å²) in [5, 5.41) is 8.73. The van der Waals surface area contributed by atoms with Crippen molar-refractivity contribution in [1.82, 2.24) is 10.6 Å². The molecule has 0 fully saturated rings. The Kier molecular flexibility index (Phi) is 5.59. The van der Waals surface area contributed by atoms with Crippen LogP contribution >= 0.6 is 12.2 Å². The van der Waals surface area contributed by atoms with Crippen LogP contribution in [0.4, 0.5) is 0 Å². The fourth-order valence-electron chi connectivity index (χ4n) is 3.59. The van der Waals surface area contributed by atoms with Gasteiger partial charge in [0.15, 0.2) is 5.11 Å². The van der Waals surface area contributed by atoms with Crippen LogP contribution in [0.2, 0.25) is 0 Å². The van der Waals surface area contributed by atoms with E-state index in [0.717, 1.165) is 21.9 Å². The number of esters is 1. The maximum atomic E-state index is 13.2. The van der Waals surface area contributed by atoms with Crippen LogP contribution in [-0.4, -0.2) is 23.5 Å². The van der Waals surface area contributed by atoms with Gasteiger partial charge in [-0.15, -0.1) is 0 Å². The minimum atomic E-state index is -0.886. The van der Waals surface area contributed by atoms with Crippen molar-refractivity contribution >= 4 is 45.6 Å². The molecule has 0 bridgehead atoms. The van der Waals surface area contributed by atoms with E-state index in [1.54, 1.807) is 6.92 Å². The molecule has 0 aromatic heterocycles. The quantitative estimate of drug-likeness (QED) is 0.374. The maximum Gasteiger partial charge on any atom is 0.379 e. The van der Waals surface area contributed by atoms with Gasteiger partial charge in [-0.2, -0.15) is 0 Å². The molecule has 4 rings (SSSR count). The standard InChI is InChI=1S/C24H20N2O3S/c1-2-29-23(28)22(27)19-20(16-9-4-3-5-10-16)25-24(30)26-21(19)18-13-12-15-8-6-7-11-17(15)14-18/h3-14,21H,2H2,1H3,(H2,25,26,30)/t21-/m0/s1. The number of rotatable bonds is 5. The number of Topliss-reactive ketones (excluding diaryl/α,β-unsaturated/α-hetero) is 1. The summed E-state index contributed by atoms with van der Waals surface area (Å²) in [6, 6.07) is 22.7. The molecular weight excluding hydrogens is 396 g/mol. The fraction of sp³-hybridized carbons (Fsp3) is 0.125. The molecule has 0 radical (unpaired) electrons. The van der Waals surface area contributed by atoms with Crippen molar-refractivity contribution in [3.05, 3.63) is 89.5 Å². The van der Waals surface area contributed by atoms with Gasteiger partial charge in [0.25, 0.3) is 5.78 Å². The molecule has 0 saturated carbocycles. The zero-order valence-electron chi connectivity index (χ0n) is 16.3. The number of hydrogen-bond acceptors (Lipinski definition) is 4. The number of benzene rings is 3. The minimum absolute atomic E-state index is 0.123.